The highest BCUT2D eigenvalue weighted by atomic mass is 16.3. The molecule has 1 heteroatoms. The summed E-state index contributed by atoms with van der Waals surface area (Å²) in [6, 6.07) is 0. The lowest BCUT2D eigenvalue weighted by atomic mass is 9.88. The van der Waals surface area contributed by atoms with Crippen LogP contribution in [0.2, 0.25) is 0 Å². The molecule has 0 unspecified atom stereocenters. The van der Waals surface area contributed by atoms with Crippen molar-refractivity contribution in [3.05, 3.63) is 11.6 Å². The third-order valence-corrected chi connectivity index (χ3v) is 2.09. The Hall–Kier alpha value is -0.300. The van der Waals surface area contributed by atoms with Crippen LogP contribution < -0.4 is 0 Å². The van der Waals surface area contributed by atoms with E-state index >= 15 is 0 Å². The number of allylic oxidation sites excluding steroid dienone is 1. The van der Waals surface area contributed by atoms with E-state index in [1.54, 1.807) is 0 Å². The molecule has 0 amide bonds. The van der Waals surface area contributed by atoms with Gasteiger partial charge in [-0.15, -0.1) is 0 Å². The molecule has 0 spiro atoms. The van der Waals surface area contributed by atoms with Gasteiger partial charge in [0, 0.05) is 0 Å². The van der Waals surface area contributed by atoms with Gasteiger partial charge in [0.05, 0.1) is 6.10 Å². The van der Waals surface area contributed by atoms with Crippen LogP contribution in [0, 0.1) is 5.92 Å². The summed E-state index contributed by atoms with van der Waals surface area (Å²) < 4.78 is 0. The minimum Gasteiger partial charge on any atom is -0.388 e. The molecule has 1 N–H and O–H groups in total. The molecule has 0 saturated heterocycles. The number of aliphatic hydroxyl groups excluding tert-OH is 1. The number of rotatable bonds is 0. The molecule has 0 aromatic rings. The van der Waals surface area contributed by atoms with Gasteiger partial charge in [-0.3, -0.25) is 0 Å². The second kappa shape index (κ2) is 2.53. The molecule has 0 saturated carbocycles. The van der Waals surface area contributed by atoms with Crippen LogP contribution in [-0.2, 0) is 0 Å². The predicted molar refractivity (Wildman–Crippen MR) is 38.2 cm³/mol. The third-order valence-electron chi connectivity index (χ3n) is 2.09. The van der Waals surface area contributed by atoms with Gasteiger partial charge in [0.15, 0.2) is 0 Å². The van der Waals surface area contributed by atoms with Gasteiger partial charge in [0.25, 0.3) is 0 Å². The average molecular weight is 126 g/mol. The molecule has 9 heavy (non-hydrogen) atoms. The van der Waals surface area contributed by atoms with Gasteiger partial charge < -0.3 is 5.11 Å². The van der Waals surface area contributed by atoms with Crippen LogP contribution in [0.3, 0.4) is 0 Å². The molecule has 1 nitrogen and oxygen atoms in total. The fourth-order valence-corrected chi connectivity index (χ4v) is 1.30. The summed E-state index contributed by atoms with van der Waals surface area (Å²) in [6.07, 6.45) is 4.24. The third kappa shape index (κ3) is 1.33. The summed E-state index contributed by atoms with van der Waals surface area (Å²) in [5.74, 6) is 0.468. The van der Waals surface area contributed by atoms with E-state index in [1.165, 1.54) is 0 Å². The van der Waals surface area contributed by atoms with Crippen LogP contribution in [0.1, 0.15) is 26.7 Å². The number of hydrogen-bond acceptors (Lipinski definition) is 1. The SMILES string of the molecule is CC1=CCC[C@H](C)[C@@H]1O. The Bertz CT molecular complexity index is 127. The Morgan fingerprint density at radius 2 is 2.33 bits per heavy atom. The molecule has 0 bridgehead atoms. The van der Waals surface area contributed by atoms with Gasteiger partial charge in [-0.05, 0) is 31.3 Å². The van der Waals surface area contributed by atoms with Gasteiger partial charge in [-0.2, -0.15) is 0 Å². The summed E-state index contributed by atoms with van der Waals surface area (Å²) in [5.41, 5.74) is 1.15. The normalized spacial score (nSPS) is 36.1. The largest absolute Gasteiger partial charge is 0.388 e. The van der Waals surface area contributed by atoms with E-state index in [4.69, 9.17) is 0 Å². The van der Waals surface area contributed by atoms with Crippen molar-refractivity contribution in [1.29, 1.82) is 0 Å². The second-order valence-electron chi connectivity index (χ2n) is 2.95. The lowest BCUT2D eigenvalue weighted by Gasteiger charge is -2.23. The highest BCUT2D eigenvalue weighted by Crippen LogP contribution is 2.23. The molecule has 0 fully saturated rings. The van der Waals surface area contributed by atoms with Gasteiger partial charge in [-0.25, -0.2) is 0 Å². The Kier molecular flexibility index (Phi) is 1.91. The van der Waals surface area contributed by atoms with Crippen molar-refractivity contribution in [1.82, 2.24) is 0 Å². The lowest BCUT2D eigenvalue weighted by Crippen LogP contribution is -2.21. The van der Waals surface area contributed by atoms with E-state index < -0.39 is 0 Å². The average Bonchev–Trinajstić information content (AvgIpc) is 1.83. The van der Waals surface area contributed by atoms with Crippen LogP contribution in [0.25, 0.3) is 0 Å². The topological polar surface area (TPSA) is 20.2 Å². The van der Waals surface area contributed by atoms with Crippen molar-refractivity contribution in [2.75, 3.05) is 0 Å². The van der Waals surface area contributed by atoms with Crippen molar-refractivity contribution in [2.24, 2.45) is 5.92 Å². The van der Waals surface area contributed by atoms with Crippen molar-refractivity contribution >= 4 is 0 Å². The molecule has 52 valence electrons. The minimum atomic E-state index is -0.168. The summed E-state index contributed by atoms with van der Waals surface area (Å²) in [4.78, 5) is 0. The van der Waals surface area contributed by atoms with E-state index in [0.29, 0.717) is 5.92 Å². The number of aliphatic hydroxyl groups is 1. The van der Waals surface area contributed by atoms with Gasteiger partial charge in [-0.1, -0.05) is 13.0 Å². The summed E-state index contributed by atoms with van der Waals surface area (Å²) in [6.45, 7) is 4.10. The first-order chi connectivity index (χ1) is 4.22. The predicted octanol–water partition coefficient (Wildman–Crippen LogP) is 1.72. The van der Waals surface area contributed by atoms with Crippen molar-refractivity contribution in [3.63, 3.8) is 0 Å². The first kappa shape index (κ1) is 6.81. The van der Waals surface area contributed by atoms with E-state index in [0.717, 1.165) is 18.4 Å². The quantitative estimate of drug-likeness (QED) is 0.490. The Morgan fingerprint density at radius 1 is 1.67 bits per heavy atom. The van der Waals surface area contributed by atoms with Crippen LogP contribution in [-0.4, -0.2) is 11.2 Å². The number of hydrogen-bond donors (Lipinski definition) is 1. The zero-order chi connectivity index (χ0) is 6.85. The zero-order valence-electron chi connectivity index (χ0n) is 6.09. The summed E-state index contributed by atoms with van der Waals surface area (Å²) >= 11 is 0. The highest BCUT2D eigenvalue weighted by molar-refractivity contribution is 5.09. The maximum atomic E-state index is 9.38. The maximum Gasteiger partial charge on any atom is 0.0773 e. The van der Waals surface area contributed by atoms with Crippen molar-refractivity contribution in [3.8, 4) is 0 Å². The second-order valence-corrected chi connectivity index (χ2v) is 2.95. The minimum absolute atomic E-state index is 0.168. The van der Waals surface area contributed by atoms with E-state index in [2.05, 4.69) is 13.0 Å². The molecule has 0 aromatic carbocycles. The first-order valence-corrected chi connectivity index (χ1v) is 3.56. The van der Waals surface area contributed by atoms with Crippen molar-refractivity contribution in [2.45, 2.75) is 32.8 Å². The first-order valence-electron chi connectivity index (χ1n) is 3.56. The van der Waals surface area contributed by atoms with Crippen LogP contribution in [0.15, 0.2) is 11.6 Å². The Labute approximate surface area is 56.4 Å². The molecule has 0 aromatic heterocycles. The smallest absolute Gasteiger partial charge is 0.0773 e. The van der Waals surface area contributed by atoms with E-state index in [9.17, 15) is 5.11 Å². The molecular formula is C8H14O. The zero-order valence-corrected chi connectivity index (χ0v) is 6.09. The summed E-state index contributed by atoms with van der Waals surface area (Å²) in [5, 5.41) is 9.38. The van der Waals surface area contributed by atoms with Crippen LogP contribution in [0.4, 0.5) is 0 Å². The monoisotopic (exact) mass is 126 g/mol. The van der Waals surface area contributed by atoms with Gasteiger partial charge >= 0.3 is 0 Å². The summed E-state index contributed by atoms with van der Waals surface area (Å²) in [7, 11) is 0. The highest BCUT2D eigenvalue weighted by Gasteiger charge is 2.18. The molecule has 1 rings (SSSR count). The van der Waals surface area contributed by atoms with E-state index in [-0.39, 0.29) is 6.10 Å². The molecular weight excluding hydrogens is 112 g/mol. The Balaban J connectivity index is 2.62. The molecule has 0 aliphatic heterocycles. The van der Waals surface area contributed by atoms with Crippen LogP contribution >= 0.6 is 0 Å². The van der Waals surface area contributed by atoms with Gasteiger partial charge in [0.2, 0.25) is 0 Å². The fourth-order valence-electron chi connectivity index (χ4n) is 1.30. The molecule has 2 atom stereocenters. The van der Waals surface area contributed by atoms with Gasteiger partial charge in [0.1, 0.15) is 0 Å². The molecule has 0 heterocycles. The van der Waals surface area contributed by atoms with E-state index in [1.807, 2.05) is 6.92 Å². The molecule has 1 aliphatic rings. The fraction of sp³-hybridized carbons (Fsp3) is 0.750. The Morgan fingerprint density at radius 3 is 2.78 bits per heavy atom. The molecule has 0 radical (unpaired) electrons. The molecule has 1 aliphatic carbocycles. The van der Waals surface area contributed by atoms with Crippen LogP contribution in [0.5, 0.6) is 0 Å². The lowest BCUT2D eigenvalue weighted by molar-refractivity contribution is 0.139. The maximum absolute atomic E-state index is 9.38. The standard InChI is InChI=1S/C8H14O/c1-6-4-3-5-7(2)8(6)9/h4,7-9H,3,5H2,1-2H3/t7-,8+/m0/s1. The van der Waals surface area contributed by atoms with Crippen molar-refractivity contribution < 1.29 is 5.11 Å².